The number of aromatic amines is 1. The van der Waals surface area contributed by atoms with Crippen LogP contribution >= 0.6 is 0 Å². The molecule has 1 amide bonds. The van der Waals surface area contributed by atoms with Crippen LogP contribution in [0.25, 0.3) is 11.0 Å². The lowest BCUT2D eigenvalue weighted by Crippen LogP contribution is -2.48. The molecule has 2 bridgehead atoms. The molecule has 5 aliphatic carbocycles. The van der Waals surface area contributed by atoms with E-state index in [4.69, 9.17) is 9.47 Å². The molecular formula is C50H63N7O7S. The molecule has 2 saturated heterocycles. The van der Waals surface area contributed by atoms with Crippen LogP contribution < -0.4 is 19.7 Å². The van der Waals surface area contributed by atoms with E-state index in [1.54, 1.807) is 41.7 Å². The van der Waals surface area contributed by atoms with Crippen LogP contribution in [0.5, 0.6) is 11.5 Å². The Balaban J connectivity index is 0.841. The summed E-state index contributed by atoms with van der Waals surface area (Å²) in [5, 5.41) is 16.2. The lowest BCUT2D eigenvalue weighted by Gasteiger charge is -2.53. The van der Waals surface area contributed by atoms with Gasteiger partial charge in [-0.15, -0.1) is 0 Å². The smallest absolute Gasteiger partial charge is 0.293 e. The monoisotopic (exact) mass is 905 g/mol. The van der Waals surface area contributed by atoms with E-state index in [1.807, 2.05) is 12.1 Å². The molecule has 65 heavy (non-hydrogen) atoms. The summed E-state index contributed by atoms with van der Waals surface area (Å²) in [6, 6.07) is 12.6. The third kappa shape index (κ3) is 9.12. The molecule has 4 saturated carbocycles. The second-order valence-electron chi connectivity index (χ2n) is 21.1. The highest BCUT2D eigenvalue weighted by molar-refractivity contribution is 7.90. The first-order valence-electron chi connectivity index (χ1n) is 23.8. The number of H-pyrrole nitrogens is 1. The molecule has 14 nitrogen and oxygen atoms in total. The number of sulfonamides is 1. The molecule has 1 spiro atoms. The van der Waals surface area contributed by atoms with Crippen molar-refractivity contribution in [3.63, 3.8) is 0 Å². The Hall–Kier alpha value is -4.99. The number of amides is 1. The third-order valence-electron chi connectivity index (χ3n) is 16.1. The van der Waals surface area contributed by atoms with Crippen LogP contribution in [0.3, 0.4) is 0 Å². The third-order valence-corrected chi connectivity index (χ3v) is 17.5. The fourth-order valence-corrected chi connectivity index (χ4v) is 13.2. The maximum absolute atomic E-state index is 14.0. The number of ether oxygens (including phenoxy) is 2. The molecule has 0 unspecified atom stereocenters. The Labute approximate surface area is 382 Å². The van der Waals surface area contributed by atoms with Gasteiger partial charge in [0.15, 0.2) is 0 Å². The van der Waals surface area contributed by atoms with E-state index < -0.39 is 25.7 Å². The van der Waals surface area contributed by atoms with Crippen molar-refractivity contribution < 1.29 is 27.6 Å². The fourth-order valence-electron chi connectivity index (χ4n) is 12.2. The number of allylic oxidation sites excluding steroid dienone is 1. The van der Waals surface area contributed by atoms with Gasteiger partial charge >= 0.3 is 0 Å². The summed E-state index contributed by atoms with van der Waals surface area (Å²) in [7, 11) is -4.54. The van der Waals surface area contributed by atoms with E-state index >= 15 is 0 Å². The number of hydrogen-bond acceptors (Lipinski definition) is 11. The number of carbonyl (C=O) groups excluding carboxylic acids is 1. The van der Waals surface area contributed by atoms with Crippen molar-refractivity contribution in [2.75, 3.05) is 62.7 Å². The molecule has 4 heterocycles. The summed E-state index contributed by atoms with van der Waals surface area (Å²) in [5.41, 5.74) is 5.51. The van der Waals surface area contributed by atoms with Gasteiger partial charge in [0.1, 0.15) is 22.8 Å². The molecule has 7 aliphatic rings. The maximum atomic E-state index is 14.0. The Kier molecular flexibility index (Phi) is 11.7. The summed E-state index contributed by atoms with van der Waals surface area (Å²) in [5.74, 6) is 3.38. The van der Waals surface area contributed by atoms with Gasteiger partial charge < -0.3 is 24.7 Å². The quantitative estimate of drug-likeness (QED) is 0.0663. The highest BCUT2D eigenvalue weighted by atomic mass is 32.2. The molecule has 2 aromatic carbocycles. The molecule has 15 heteroatoms. The van der Waals surface area contributed by atoms with Crippen LogP contribution in [0, 0.1) is 50.5 Å². The van der Waals surface area contributed by atoms with Gasteiger partial charge in [-0.05, 0) is 141 Å². The largest absolute Gasteiger partial charge is 0.455 e. The van der Waals surface area contributed by atoms with Gasteiger partial charge in [0.2, 0.25) is 0 Å². The van der Waals surface area contributed by atoms with Crippen LogP contribution in [-0.2, 0) is 14.8 Å². The molecule has 2 atom stereocenters. The standard InChI is InChI=1S/C50H63N7O7S/c1-32-20-42(37-21-36(32)22-37)43-28-49(2,3)10-8-35(43)31-55-14-16-56(17-15-55)38-4-6-41(46(24-38)64-39-23-34-9-13-51-47(34)53-30-39)48(58)54-65(61,62)40-5-7-44(45(25-40)57(59)60)52-29-33-26-50(27-33)11-18-63-19-12-50/h4-7,9,13,23-25,30,32-33,36-37,42,52H,8,10-12,14-22,26-29,31H2,1-3H3,(H,51,53)(H,54,58)/t32-,36?,37?,42+/m0/s1. The number of nitro groups is 1. The second kappa shape index (κ2) is 17.3. The molecule has 2 aromatic heterocycles. The predicted octanol–water partition coefficient (Wildman–Crippen LogP) is 9.31. The SMILES string of the molecule is C[C@H]1C[C@@H](C2=C(CN3CCN(c4ccc(C(=O)NS(=O)(=O)c5ccc(NCC6CC7(CCOCC7)C6)c([N+](=O)[O-])c5)c(Oc5cnc6[nH]ccc6c5)c4)CC3)CCC(C)(C)C2)C2CC1C2. The van der Waals surface area contributed by atoms with Crippen LogP contribution in [0.4, 0.5) is 17.1 Å². The summed E-state index contributed by atoms with van der Waals surface area (Å²) >= 11 is 0. The van der Waals surface area contributed by atoms with Crippen LogP contribution in [0.15, 0.2) is 77.0 Å². The van der Waals surface area contributed by atoms with E-state index in [1.165, 1.54) is 50.7 Å². The zero-order valence-electron chi connectivity index (χ0n) is 37.9. The van der Waals surface area contributed by atoms with Crippen molar-refractivity contribution in [2.24, 2.45) is 40.4 Å². The van der Waals surface area contributed by atoms with E-state index in [0.29, 0.717) is 34.7 Å². The first-order chi connectivity index (χ1) is 31.2. The average Bonchev–Trinajstić information content (AvgIpc) is 3.73. The molecule has 0 radical (unpaired) electrons. The Morgan fingerprint density at radius 3 is 2.54 bits per heavy atom. The molecule has 4 aromatic rings. The number of fused-ring (bicyclic) bond motifs is 3. The van der Waals surface area contributed by atoms with E-state index in [2.05, 4.69) is 50.6 Å². The Morgan fingerprint density at radius 1 is 1.00 bits per heavy atom. The lowest BCUT2D eigenvalue weighted by atomic mass is 9.52. The topological polar surface area (TPSA) is 172 Å². The number of benzene rings is 2. The first-order valence-corrected chi connectivity index (χ1v) is 25.3. The van der Waals surface area contributed by atoms with E-state index in [9.17, 15) is 23.3 Å². The van der Waals surface area contributed by atoms with Crippen molar-refractivity contribution in [2.45, 2.75) is 89.9 Å². The molecule has 2 aliphatic heterocycles. The number of hydrogen-bond donors (Lipinski definition) is 3. The number of piperazine rings is 1. The highest BCUT2D eigenvalue weighted by Crippen LogP contribution is 2.57. The summed E-state index contributed by atoms with van der Waals surface area (Å²) < 4.78 is 41.6. The number of carbonyl (C=O) groups is 1. The summed E-state index contributed by atoms with van der Waals surface area (Å²) in [4.78, 5) is 37.7. The van der Waals surface area contributed by atoms with Gasteiger partial charge in [-0.1, -0.05) is 31.9 Å². The van der Waals surface area contributed by atoms with Crippen molar-refractivity contribution >= 4 is 44.0 Å². The fraction of sp³-hybridized carbons (Fsp3) is 0.560. The van der Waals surface area contributed by atoms with Gasteiger partial charge in [0, 0.05) is 81.9 Å². The van der Waals surface area contributed by atoms with Crippen LogP contribution in [0.1, 0.15) is 95.3 Å². The predicted molar refractivity (Wildman–Crippen MR) is 251 cm³/mol. The second-order valence-corrected chi connectivity index (χ2v) is 22.7. The zero-order valence-corrected chi connectivity index (χ0v) is 38.8. The van der Waals surface area contributed by atoms with E-state index in [0.717, 1.165) is 112 Å². The minimum Gasteiger partial charge on any atom is -0.455 e. The van der Waals surface area contributed by atoms with Gasteiger partial charge in [0.25, 0.3) is 21.6 Å². The first kappa shape index (κ1) is 43.9. The van der Waals surface area contributed by atoms with Crippen molar-refractivity contribution in [1.82, 2.24) is 19.6 Å². The lowest BCUT2D eigenvalue weighted by molar-refractivity contribution is -0.384. The zero-order chi connectivity index (χ0) is 45.1. The summed E-state index contributed by atoms with van der Waals surface area (Å²) in [6.45, 7) is 13.9. The van der Waals surface area contributed by atoms with Gasteiger partial charge in [-0.2, -0.15) is 0 Å². The summed E-state index contributed by atoms with van der Waals surface area (Å²) in [6.07, 6.45) is 15.3. The van der Waals surface area contributed by atoms with E-state index in [-0.39, 0.29) is 22.7 Å². The number of pyridine rings is 1. The number of nitrogens with zero attached hydrogens (tertiary/aromatic N) is 4. The average molecular weight is 906 g/mol. The highest BCUT2D eigenvalue weighted by Gasteiger charge is 2.47. The Morgan fingerprint density at radius 2 is 1.78 bits per heavy atom. The number of rotatable bonds is 13. The number of anilines is 2. The minimum atomic E-state index is -4.54. The van der Waals surface area contributed by atoms with Crippen molar-refractivity contribution in [3.05, 3.63) is 87.7 Å². The number of nitro benzene ring substituents is 1. The molecule has 6 fully saturated rings. The van der Waals surface area contributed by atoms with Gasteiger partial charge in [-0.25, -0.2) is 18.1 Å². The molecule has 11 rings (SSSR count). The van der Waals surface area contributed by atoms with Crippen LogP contribution in [0.2, 0.25) is 0 Å². The maximum Gasteiger partial charge on any atom is 0.293 e. The number of aromatic nitrogens is 2. The van der Waals surface area contributed by atoms with Crippen molar-refractivity contribution in [3.8, 4) is 11.5 Å². The minimum absolute atomic E-state index is 0.00443. The number of nitrogens with one attached hydrogen (secondary N) is 3. The molecular weight excluding hydrogens is 843 g/mol. The van der Waals surface area contributed by atoms with Crippen LogP contribution in [-0.4, -0.2) is 86.6 Å². The molecule has 3 N–H and O–H groups in total. The Bertz CT molecular complexity index is 2600. The van der Waals surface area contributed by atoms with Gasteiger partial charge in [0.05, 0.1) is 21.6 Å². The van der Waals surface area contributed by atoms with Crippen molar-refractivity contribution in [1.29, 1.82) is 0 Å². The normalized spacial score (nSPS) is 25.5. The van der Waals surface area contributed by atoms with Gasteiger partial charge in [-0.3, -0.25) is 19.8 Å². The molecule has 346 valence electrons.